The first-order chi connectivity index (χ1) is 10.2. The van der Waals surface area contributed by atoms with Gasteiger partial charge in [-0.1, -0.05) is 23.7 Å². The van der Waals surface area contributed by atoms with Gasteiger partial charge in [-0.25, -0.2) is 4.98 Å². The summed E-state index contributed by atoms with van der Waals surface area (Å²) in [6.45, 7) is 5.10. The van der Waals surface area contributed by atoms with Crippen LogP contribution in [0.4, 0.5) is 5.69 Å². The number of methoxy groups -OCH3 is 1. The number of ether oxygens (including phenoxy) is 2. The zero-order valence-electron chi connectivity index (χ0n) is 12.4. The van der Waals surface area contributed by atoms with Crippen LogP contribution in [0.5, 0.6) is 11.5 Å². The van der Waals surface area contributed by atoms with Gasteiger partial charge in [-0.3, -0.25) is 0 Å². The van der Waals surface area contributed by atoms with Crippen molar-refractivity contribution in [1.29, 1.82) is 0 Å². The number of halogens is 1. The van der Waals surface area contributed by atoms with Crippen LogP contribution in [0.25, 0.3) is 0 Å². The molecule has 0 aliphatic rings. The van der Waals surface area contributed by atoms with Crippen molar-refractivity contribution in [2.24, 2.45) is 0 Å². The number of nitrogens with one attached hydrogen (secondary N) is 1. The molecule has 0 aliphatic carbocycles. The lowest BCUT2D eigenvalue weighted by atomic mass is 10.1. The first kappa shape index (κ1) is 15.4. The van der Waals surface area contributed by atoms with Gasteiger partial charge in [0.05, 0.1) is 19.4 Å². The molecule has 1 heterocycles. The number of rotatable bonds is 6. The number of hydrogen-bond acceptors (Lipinski definition) is 4. The van der Waals surface area contributed by atoms with E-state index in [2.05, 4.69) is 10.3 Å². The summed E-state index contributed by atoms with van der Waals surface area (Å²) in [5, 5.41) is 3.74. The maximum atomic E-state index is 6.09. The molecule has 0 saturated heterocycles. The van der Waals surface area contributed by atoms with Crippen LogP contribution in [0.1, 0.15) is 18.1 Å². The van der Waals surface area contributed by atoms with Crippen LogP contribution in [0, 0.1) is 6.92 Å². The molecule has 0 aliphatic heterocycles. The van der Waals surface area contributed by atoms with Crippen LogP contribution in [-0.2, 0) is 6.54 Å². The van der Waals surface area contributed by atoms with E-state index < -0.39 is 0 Å². The highest BCUT2D eigenvalue weighted by Gasteiger charge is 2.10. The molecular weight excluding hydrogens is 288 g/mol. The number of nitrogens with zero attached hydrogens (tertiary/aromatic N) is 1. The molecule has 0 unspecified atom stereocenters. The number of hydrogen-bond donors (Lipinski definition) is 1. The Balaban J connectivity index is 2.19. The Morgan fingerprint density at radius 2 is 2.14 bits per heavy atom. The second kappa shape index (κ2) is 7.18. The normalized spacial score (nSPS) is 10.3. The van der Waals surface area contributed by atoms with E-state index in [1.165, 1.54) is 0 Å². The van der Waals surface area contributed by atoms with E-state index in [0.29, 0.717) is 18.3 Å². The molecule has 1 aromatic carbocycles. The van der Waals surface area contributed by atoms with Gasteiger partial charge in [0.25, 0.3) is 0 Å². The molecule has 0 atom stereocenters. The van der Waals surface area contributed by atoms with Crippen molar-refractivity contribution in [3.8, 4) is 11.5 Å². The van der Waals surface area contributed by atoms with Crippen LogP contribution < -0.4 is 14.8 Å². The quantitative estimate of drug-likeness (QED) is 0.817. The van der Waals surface area contributed by atoms with Crippen LogP contribution >= 0.6 is 11.6 Å². The van der Waals surface area contributed by atoms with Gasteiger partial charge in [-0.05, 0) is 31.5 Å². The Morgan fingerprint density at radius 1 is 1.33 bits per heavy atom. The number of benzene rings is 1. The molecule has 0 bridgehead atoms. The van der Waals surface area contributed by atoms with Gasteiger partial charge in [0.15, 0.2) is 16.7 Å². The lowest BCUT2D eigenvalue weighted by Crippen LogP contribution is -2.04. The van der Waals surface area contributed by atoms with E-state index in [1.807, 2.05) is 38.1 Å². The van der Waals surface area contributed by atoms with E-state index >= 15 is 0 Å². The fourth-order valence-electron chi connectivity index (χ4n) is 2.07. The fourth-order valence-corrected chi connectivity index (χ4v) is 2.24. The molecule has 112 valence electrons. The maximum Gasteiger partial charge on any atom is 0.165 e. The lowest BCUT2D eigenvalue weighted by molar-refractivity contribution is 0.309. The Bertz CT molecular complexity index is 617. The Hall–Kier alpha value is -1.94. The maximum absolute atomic E-state index is 6.09. The molecule has 0 fully saturated rings. The molecule has 21 heavy (non-hydrogen) atoms. The van der Waals surface area contributed by atoms with Gasteiger partial charge >= 0.3 is 0 Å². The minimum atomic E-state index is 0.459. The average molecular weight is 307 g/mol. The summed E-state index contributed by atoms with van der Waals surface area (Å²) in [6, 6.07) is 7.80. The third-order valence-electron chi connectivity index (χ3n) is 3.01. The third kappa shape index (κ3) is 3.79. The molecule has 1 aromatic heterocycles. The number of aromatic nitrogens is 1. The monoisotopic (exact) mass is 306 g/mol. The molecule has 4 nitrogen and oxygen atoms in total. The van der Waals surface area contributed by atoms with Gasteiger partial charge < -0.3 is 14.8 Å². The van der Waals surface area contributed by atoms with Crippen molar-refractivity contribution in [1.82, 2.24) is 4.98 Å². The summed E-state index contributed by atoms with van der Waals surface area (Å²) >= 11 is 6.09. The van der Waals surface area contributed by atoms with Crippen molar-refractivity contribution in [3.63, 3.8) is 0 Å². The topological polar surface area (TPSA) is 43.4 Å². The van der Waals surface area contributed by atoms with E-state index in [4.69, 9.17) is 21.1 Å². The number of pyridine rings is 1. The van der Waals surface area contributed by atoms with Crippen LogP contribution in [0.3, 0.4) is 0 Å². The summed E-state index contributed by atoms with van der Waals surface area (Å²) in [6.07, 6.45) is 1.74. The van der Waals surface area contributed by atoms with Crippen molar-refractivity contribution < 1.29 is 9.47 Å². The van der Waals surface area contributed by atoms with Gasteiger partial charge in [0, 0.05) is 18.3 Å². The molecule has 2 rings (SSSR count). The van der Waals surface area contributed by atoms with E-state index in [0.717, 1.165) is 28.3 Å². The van der Waals surface area contributed by atoms with Gasteiger partial charge in [-0.15, -0.1) is 0 Å². The van der Waals surface area contributed by atoms with Crippen LogP contribution in [-0.4, -0.2) is 18.7 Å². The van der Waals surface area contributed by atoms with Crippen molar-refractivity contribution in [2.45, 2.75) is 20.4 Å². The number of anilines is 1. The number of para-hydroxylation sites is 1. The summed E-state index contributed by atoms with van der Waals surface area (Å²) in [7, 11) is 1.64. The Morgan fingerprint density at radius 3 is 2.86 bits per heavy atom. The highest BCUT2D eigenvalue weighted by Crippen LogP contribution is 2.32. The van der Waals surface area contributed by atoms with E-state index in [-0.39, 0.29) is 0 Å². The van der Waals surface area contributed by atoms with Gasteiger partial charge in [-0.2, -0.15) is 0 Å². The molecule has 0 amide bonds. The smallest absolute Gasteiger partial charge is 0.165 e. The van der Waals surface area contributed by atoms with Crippen LogP contribution in [0.2, 0.25) is 5.15 Å². The predicted molar refractivity (Wildman–Crippen MR) is 85.5 cm³/mol. The fraction of sp³-hybridized carbons (Fsp3) is 0.312. The molecule has 2 aromatic rings. The number of aryl methyl sites for hydroxylation is 1. The first-order valence-electron chi connectivity index (χ1n) is 6.80. The van der Waals surface area contributed by atoms with E-state index in [1.54, 1.807) is 13.3 Å². The highest BCUT2D eigenvalue weighted by molar-refractivity contribution is 6.31. The first-order valence-corrected chi connectivity index (χ1v) is 7.18. The largest absolute Gasteiger partial charge is 0.493 e. The third-order valence-corrected chi connectivity index (χ3v) is 3.31. The predicted octanol–water partition coefficient (Wildman–Crippen LogP) is 4.06. The second-order valence-corrected chi connectivity index (χ2v) is 4.94. The Kier molecular flexibility index (Phi) is 5.28. The standard InChI is InChI=1S/C16H19ClN2O2/c1-4-21-14-7-5-6-12(15(14)20-3)10-18-13-8-11(2)9-19-16(13)17/h5-9,18H,4,10H2,1-3H3. The zero-order chi connectivity index (χ0) is 15.2. The van der Waals surface area contributed by atoms with Crippen LogP contribution in [0.15, 0.2) is 30.5 Å². The van der Waals surface area contributed by atoms with Crippen molar-refractivity contribution in [3.05, 3.63) is 46.7 Å². The van der Waals surface area contributed by atoms with Gasteiger partial charge in [0.2, 0.25) is 0 Å². The summed E-state index contributed by atoms with van der Waals surface area (Å²) in [4.78, 5) is 4.13. The highest BCUT2D eigenvalue weighted by atomic mass is 35.5. The van der Waals surface area contributed by atoms with Crippen molar-refractivity contribution in [2.75, 3.05) is 19.0 Å². The lowest BCUT2D eigenvalue weighted by Gasteiger charge is -2.15. The SMILES string of the molecule is CCOc1cccc(CNc2cc(C)cnc2Cl)c1OC. The zero-order valence-corrected chi connectivity index (χ0v) is 13.2. The summed E-state index contributed by atoms with van der Waals surface area (Å²) in [5.41, 5.74) is 2.86. The minimum absolute atomic E-state index is 0.459. The average Bonchev–Trinajstić information content (AvgIpc) is 2.48. The molecule has 5 heteroatoms. The molecule has 0 saturated carbocycles. The second-order valence-electron chi connectivity index (χ2n) is 4.59. The van der Waals surface area contributed by atoms with E-state index in [9.17, 15) is 0 Å². The molecule has 0 radical (unpaired) electrons. The minimum Gasteiger partial charge on any atom is -0.493 e. The molecule has 1 N–H and O–H groups in total. The Labute approximate surface area is 130 Å². The molecule has 0 spiro atoms. The summed E-state index contributed by atoms with van der Waals surface area (Å²) < 4.78 is 11.0. The summed E-state index contributed by atoms with van der Waals surface area (Å²) in [5.74, 6) is 1.48. The molecular formula is C16H19ClN2O2. The van der Waals surface area contributed by atoms with Gasteiger partial charge in [0.1, 0.15) is 0 Å². The van der Waals surface area contributed by atoms with Crippen molar-refractivity contribution >= 4 is 17.3 Å².